The molecule has 0 aromatic heterocycles. The number of aryl methyl sites for hydroxylation is 2. The molecule has 3 rings (SSSR count). The van der Waals surface area contributed by atoms with Crippen LogP contribution in [-0.4, -0.2) is 28.9 Å². The van der Waals surface area contributed by atoms with E-state index in [0.717, 1.165) is 29.5 Å². The summed E-state index contributed by atoms with van der Waals surface area (Å²) < 4.78 is 0. The van der Waals surface area contributed by atoms with Gasteiger partial charge in [-0.15, -0.1) is 0 Å². The van der Waals surface area contributed by atoms with Gasteiger partial charge in [0, 0.05) is 12.6 Å². The highest BCUT2D eigenvalue weighted by Gasteiger charge is 2.30. The van der Waals surface area contributed by atoms with Crippen molar-refractivity contribution in [3.8, 4) is 0 Å². The minimum Gasteiger partial charge on any atom is -0.478 e. The van der Waals surface area contributed by atoms with Gasteiger partial charge in [-0.1, -0.05) is 24.3 Å². The SMILES string of the molecule is Cc1ccccc1C(=O)N(C)[C@@H]1CCc2ccc(C(=O)O)cc21. The number of hydrogen-bond acceptors (Lipinski definition) is 2. The maximum atomic E-state index is 12.8. The van der Waals surface area contributed by atoms with Gasteiger partial charge in [0.15, 0.2) is 0 Å². The first-order valence-electron chi connectivity index (χ1n) is 7.68. The van der Waals surface area contributed by atoms with Crippen molar-refractivity contribution >= 4 is 11.9 Å². The molecule has 0 heterocycles. The molecule has 0 fully saturated rings. The number of rotatable bonds is 3. The second kappa shape index (κ2) is 5.88. The second-order valence-electron chi connectivity index (χ2n) is 6.00. The van der Waals surface area contributed by atoms with E-state index in [1.54, 1.807) is 24.1 Å². The lowest BCUT2D eigenvalue weighted by Crippen LogP contribution is -2.30. The molecule has 4 nitrogen and oxygen atoms in total. The summed E-state index contributed by atoms with van der Waals surface area (Å²) in [7, 11) is 1.79. The summed E-state index contributed by atoms with van der Waals surface area (Å²) >= 11 is 0. The largest absolute Gasteiger partial charge is 0.478 e. The number of fused-ring (bicyclic) bond motifs is 1. The van der Waals surface area contributed by atoms with Crippen molar-refractivity contribution in [3.05, 3.63) is 70.3 Å². The maximum absolute atomic E-state index is 12.8. The molecule has 4 heteroatoms. The van der Waals surface area contributed by atoms with E-state index in [1.165, 1.54) is 0 Å². The van der Waals surface area contributed by atoms with Crippen LogP contribution in [0.25, 0.3) is 0 Å². The molecule has 0 radical (unpaired) electrons. The summed E-state index contributed by atoms with van der Waals surface area (Å²) in [5, 5.41) is 9.18. The van der Waals surface area contributed by atoms with Gasteiger partial charge in [0.05, 0.1) is 11.6 Å². The number of carbonyl (C=O) groups excluding carboxylic acids is 1. The number of aromatic carboxylic acids is 1. The number of benzene rings is 2. The number of hydrogen-bond donors (Lipinski definition) is 1. The van der Waals surface area contributed by atoms with Crippen LogP contribution in [0, 0.1) is 6.92 Å². The number of carbonyl (C=O) groups is 2. The van der Waals surface area contributed by atoms with Crippen LogP contribution >= 0.6 is 0 Å². The maximum Gasteiger partial charge on any atom is 0.335 e. The minimum absolute atomic E-state index is 0.0262. The first kappa shape index (κ1) is 15.3. The Morgan fingerprint density at radius 1 is 1.17 bits per heavy atom. The van der Waals surface area contributed by atoms with E-state index >= 15 is 0 Å². The quantitative estimate of drug-likeness (QED) is 0.944. The lowest BCUT2D eigenvalue weighted by molar-refractivity contribution is 0.0696. The highest BCUT2D eigenvalue weighted by atomic mass is 16.4. The van der Waals surface area contributed by atoms with Crippen molar-refractivity contribution in [2.45, 2.75) is 25.8 Å². The van der Waals surface area contributed by atoms with Gasteiger partial charge in [0.1, 0.15) is 0 Å². The smallest absolute Gasteiger partial charge is 0.335 e. The van der Waals surface area contributed by atoms with Gasteiger partial charge >= 0.3 is 5.97 Å². The molecule has 2 aromatic carbocycles. The van der Waals surface area contributed by atoms with Crippen LogP contribution in [-0.2, 0) is 6.42 Å². The highest BCUT2D eigenvalue weighted by Crippen LogP contribution is 2.36. The molecule has 1 N–H and O–H groups in total. The zero-order valence-corrected chi connectivity index (χ0v) is 13.2. The van der Waals surface area contributed by atoms with E-state index in [2.05, 4.69) is 0 Å². The lowest BCUT2D eigenvalue weighted by Gasteiger charge is -2.26. The molecule has 23 heavy (non-hydrogen) atoms. The van der Waals surface area contributed by atoms with Crippen LogP contribution < -0.4 is 0 Å². The van der Waals surface area contributed by atoms with Crippen molar-refractivity contribution < 1.29 is 14.7 Å². The van der Waals surface area contributed by atoms with Crippen LogP contribution in [0.1, 0.15) is 49.9 Å². The molecule has 0 saturated heterocycles. The summed E-state index contributed by atoms with van der Waals surface area (Å²) in [6, 6.07) is 12.7. The Morgan fingerprint density at radius 3 is 2.61 bits per heavy atom. The van der Waals surface area contributed by atoms with Crippen LogP contribution in [0.3, 0.4) is 0 Å². The van der Waals surface area contributed by atoms with E-state index in [4.69, 9.17) is 0 Å². The van der Waals surface area contributed by atoms with Crippen molar-refractivity contribution in [3.63, 3.8) is 0 Å². The molecule has 1 aliphatic rings. The van der Waals surface area contributed by atoms with Crippen molar-refractivity contribution in [1.82, 2.24) is 4.90 Å². The highest BCUT2D eigenvalue weighted by molar-refractivity contribution is 5.96. The van der Waals surface area contributed by atoms with E-state index < -0.39 is 5.97 Å². The Kier molecular flexibility index (Phi) is 3.90. The second-order valence-corrected chi connectivity index (χ2v) is 6.00. The fourth-order valence-electron chi connectivity index (χ4n) is 3.26. The van der Waals surface area contributed by atoms with Crippen LogP contribution in [0.15, 0.2) is 42.5 Å². The van der Waals surface area contributed by atoms with Gasteiger partial charge in [-0.25, -0.2) is 4.79 Å². The zero-order valence-electron chi connectivity index (χ0n) is 13.2. The summed E-state index contributed by atoms with van der Waals surface area (Å²) in [5.41, 5.74) is 3.99. The van der Waals surface area contributed by atoms with Crippen molar-refractivity contribution in [2.75, 3.05) is 7.05 Å². The third kappa shape index (κ3) is 2.72. The molecule has 2 aromatic rings. The summed E-state index contributed by atoms with van der Waals surface area (Å²) in [6.07, 6.45) is 1.69. The van der Waals surface area contributed by atoms with Gasteiger partial charge in [0.25, 0.3) is 5.91 Å². The third-order valence-electron chi connectivity index (χ3n) is 4.60. The fraction of sp³-hybridized carbons (Fsp3) is 0.263. The van der Waals surface area contributed by atoms with Gasteiger partial charge < -0.3 is 10.0 Å². The van der Waals surface area contributed by atoms with Gasteiger partial charge in [0.2, 0.25) is 0 Å². The van der Waals surface area contributed by atoms with Gasteiger partial charge in [-0.3, -0.25) is 4.79 Å². The predicted molar refractivity (Wildman–Crippen MR) is 87.7 cm³/mol. The molecule has 1 atom stereocenters. The normalized spacial score (nSPS) is 16.0. The monoisotopic (exact) mass is 309 g/mol. The van der Waals surface area contributed by atoms with Crippen LogP contribution in [0.2, 0.25) is 0 Å². The Labute approximate surface area is 135 Å². The Bertz CT molecular complexity index is 782. The summed E-state index contributed by atoms with van der Waals surface area (Å²) in [4.78, 5) is 25.7. The first-order chi connectivity index (χ1) is 11.0. The fourth-order valence-corrected chi connectivity index (χ4v) is 3.26. The third-order valence-corrected chi connectivity index (χ3v) is 4.60. The van der Waals surface area contributed by atoms with E-state index in [0.29, 0.717) is 5.56 Å². The van der Waals surface area contributed by atoms with E-state index in [-0.39, 0.29) is 17.5 Å². The van der Waals surface area contributed by atoms with Gasteiger partial charge in [-0.05, 0) is 54.7 Å². The zero-order chi connectivity index (χ0) is 16.6. The van der Waals surface area contributed by atoms with Crippen LogP contribution in [0.4, 0.5) is 0 Å². The Morgan fingerprint density at radius 2 is 1.91 bits per heavy atom. The van der Waals surface area contributed by atoms with E-state index in [9.17, 15) is 14.7 Å². The molecular weight excluding hydrogens is 290 g/mol. The topological polar surface area (TPSA) is 57.6 Å². The number of amides is 1. The number of carboxylic acids is 1. The number of carboxylic acid groups (broad SMARTS) is 1. The van der Waals surface area contributed by atoms with Crippen molar-refractivity contribution in [1.29, 1.82) is 0 Å². The molecule has 0 spiro atoms. The Balaban J connectivity index is 1.93. The van der Waals surface area contributed by atoms with Crippen molar-refractivity contribution in [2.24, 2.45) is 0 Å². The van der Waals surface area contributed by atoms with Crippen LogP contribution in [0.5, 0.6) is 0 Å². The number of nitrogens with zero attached hydrogens (tertiary/aromatic N) is 1. The molecule has 1 amide bonds. The predicted octanol–water partition coefficient (Wildman–Crippen LogP) is 3.45. The van der Waals surface area contributed by atoms with Gasteiger partial charge in [-0.2, -0.15) is 0 Å². The minimum atomic E-state index is -0.939. The Hall–Kier alpha value is -2.62. The average molecular weight is 309 g/mol. The van der Waals surface area contributed by atoms with E-state index in [1.807, 2.05) is 37.3 Å². The molecule has 0 unspecified atom stereocenters. The average Bonchev–Trinajstić information content (AvgIpc) is 2.97. The standard InChI is InChI=1S/C19H19NO3/c1-12-5-3-4-6-15(12)18(21)20(2)17-10-9-13-7-8-14(19(22)23)11-16(13)17/h3-8,11,17H,9-10H2,1-2H3,(H,22,23)/t17-/m1/s1. The molecular formula is C19H19NO3. The first-order valence-corrected chi connectivity index (χ1v) is 7.68. The summed E-state index contributed by atoms with van der Waals surface area (Å²) in [5.74, 6) is -0.965. The summed E-state index contributed by atoms with van der Waals surface area (Å²) in [6.45, 7) is 1.92. The lowest BCUT2D eigenvalue weighted by atomic mass is 10.0. The molecule has 1 aliphatic carbocycles. The molecule has 118 valence electrons. The molecule has 0 aliphatic heterocycles. The molecule has 0 bridgehead atoms. The molecule has 0 saturated carbocycles.